The van der Waals surface area contributed by atoms with Gasteiger partial charge in [0.1, 0.15) is 0 Å². The minimum absolute atomic E-state index is 0.609. The fraction of sp³-hybridized carbons (Fsp3) is 0.0588. The molecule has 4 aromatic rings. The summed E-state index contributed by atoms with van der Waals surface area (Å²) < 4.78 is 3.27. The zero-order valence-corrected chi connectivity index (χ0v) is 12.7. The molecule has 0 radical (unpaired) electrons. The Hall–Kier alpha value is -2.66. The molecule has 4 rings (SSSR count). The largest absolute Gasteiger partial charge is 0.375 e. The highest BCUT2D eigenvalue weighted by atomic mass is 32.1. The van der Waals surface area contributed by atoms with E-state index < -0.39 is 0 Å². The number of nitrogens with two attached hydrogens (primary N) is 1. The number of imidazole rings is 1. The number of thiazole rings is 1. The van der Waals surface area contributed by atoms with Gasteiger partial charge in [-0.2, -0.15) is 0 Å². The molecule has 0 spiro atoms. The number of fused-ring (bicyclic) bond motifs is 2. The zero-order valence-electron chi connectivity index (χ0n) is 11.9. The summed E-state index contributed by atoms with van der Waals surface area (Å²) in [5.74, 6) is 0. The van der Waals surface area contributed by atoms with Gasteiger partial charge in [-0.3, -0.25) is 0 Å². The molecule has 4 nitrogen and oxygen atoms in total. The molecule has 0 bridgehead atoms. The van der Waals surface area contributed by atoms with Crippen LogP contribution in [0, 0.1) is 0 Å². The molecule has 2 heterocycles. The van der Waals surface area contributed by atoms with Gasteiger partial charge in [-0.15, -0.1) is 0 Å². The first-order chi connectivity index (χ1) is 10.7. The van der Waals surface area contributed by atoms with Crippen molar-refractivity contribution in [1.82, 2.24) is 14.5 Å². The van der Waals surface area contributed by atoms with Crippen molar-refractivity contribution in [2.24, 2.45) is 0 Å². The summed E-state index contributed by atoms with van der Waals surface area (Å²) in [5, 5.41) is 0.609. The average Bonchev–Trinajstić information content (AvgIpc) is 3.09. The minimum atomic E-state index is 0.609. The van der Waals surface area contributed by atoms with E-state index in [1.807, 2.05) is 24.5 Å². The molecule has 2 N–H and O–H groups in total. The Morgan fingerprint density at radius 3 is 2.95 bits per heavy atom. The molecule has 0 saturated carbocycles. The summed E-state index contributed by atoms with van der Waals surface area (Å²) in [4.78, 5) is 8.76. The van der Waals surface area contributed by atoms with Crippen molar-refractivity contribution in [3.05, 3.63) is 60.4 Å². The summed E-state index contributed by atoms with van der Waals surface area (Å²) in [6.07, 6.45) is 3.71. The van der Waals surface area contributed by atoms with Crippen molar-refractivity contribution >= 4 is 43.8 Å². The monoisotopic (exact) mass is 306 g/mol. The van der Waals surface area contributed by atoms with Gasteiger partial charge in [0.25, 0.3) is 0 Å². The molecule has 0 atom stereocenters. The third kappa shape index (κ3) is 2.16. The van der Waals surface area contributed by atoms with Gasteiger partial charge in [-0.25, -0.2) is 9.97 Å². The van der Waals surface area contributed by atoms with Gasteiger partial charge < -0.3 is 10.3 Å². The van der Waals surface area contributed by atoms with Crippen LogP contribution in [0.3, 0.4) is 0 Å². The zero-order chi connectivity index (χ0) is 15.1. The Labute approximate surface area is 131 Å². The van der Waals surface area contributed by atoms with Crippen LogP contribution in [0.15, 0.2) is 49.3 Å². The first-order valence-corrected chi connectivity index (χ1v) is 7.77. The number of aromatic nitrogens is 3. The molecule has 0 amide bonds. The van der Waals surface area contributed by atoms with Gasteiger partial charge in [0.05, 0.1) is 27.6 Å². The summed E-state index contributed by atoms with van der Waals surface area (Å²) in [6.45, 7) is 4.57. The van der Waals surface area contributed by atoms with E-state index in [4.69, 9.17) is 5.73 Å². The maximum absolute atomic E-state index is 5.76. The lowest BCUT2D eigenvalue weighted by molar-refractivity contribution is 0.826. The molecule has 0 fully saturated rings. The van der Waals surface area contributed by atoms with Gasteiger partial charge in [-0.1, -0.05) is 36.1 Å². The van der Waals surface area contributed by atoms with E-state index in [9.17, 15) is 0 Å². The van der Waals surface area contributed by atoms with E-state index in [1.54, 1.807) is 0 Å². The lowest BCUT2D eigenvalue weighted by atomic mass is 10.2. The van der Waals surface area contributed by atoms with Gasteiger partial charge in [0.15, 0.2) is 5.13 Å². The van der Waals surface area contributed by atoms with Gasteiger partial charge in [0, 0.05) is 6.54 Å². The molecule has 22 heavy (non-hydrogen) atoms. The number of nitrogen functional groups attached to an aromatic ring is 1. The molecule has 2 aromatic carbocycles. The lowest BCUT2D eigenvalue weighted by Gasteiger charge is -2.05. The molecule has 0 unspecified atom stereocenters. The van der Waals surface area contributed by atoms with E-state index in [2.05, 4.69) is 45.4 Å². The number of hydrogen-bond acceptors (Lipinski definition) is 4. The number of rotatable bonds is 3. The van der Waals surface area contributed by atoms with Crippen LogP contribution in [0.1, 0.15) is 11.1 Å². The Morgan fingerprint density at radius 2 is 2.09 bits per heavy atom. The molecule has 0 aliphatic heterocycles. The van der Waals surface area contributed by atoms with E-state index in [1.165, 1.54) is 16.9 Å². The molecule has 5 heteroatoms. The second kappa shape index (κ2) is 4.96. The smallest absolute Gasteiger partial charge is 0.181 e. The van der Waals surface area contributed by atoms with Crippen molar-refractivity contribution in [2.45, 2.75) is 6.54 Å². The summed E-state index contributed by atoms with van der Waals surface area (Å²) >= 11 is 1.52. The molecule has 108 valence electrons. The highest BCUT2D eigenvalue weighted by Gasteiger charge is 2.06. The molecule has 0 aliphatic rings. The molecule has 0 saturated heterocycles. The molecule has 0 aliphatic carbocycles. The number of anilines is 1. The molecular formula is C17H14N4S. The second-order valence-corrected chi connectivity index (χ2v) is 6.24. The fourth-order valence-electron chi connectivity index (χ4n) is 2.62. The highest BCUT2D eigenvalue weighted by Crippen LogP contribution is 2.25. The predicted octanol–water partition coefficient (Wildman–Crippen LogP) is 3.92. The van der Waals surface area contributed by atoms with Crippen LogP contribution in [-0.2, 0) is 6.54 Å². The molecular weight excluding hydrogens is 292 g/mol. The first-order valence-electron chi connectivity index (χ1n) is 6.95. The number of hydrogen-bond donors (Lipinski definition) is 1. The Bertz CT molecular complexity index is 996. The second-order valence-electron chi connectivity index (χ2n) is 5.18. The van der Waals surface area contributed by atoms with E-state index >= 15 is 0 Å². The van der Waals surface area contributed by atoms with Gasteiger partial charge in [-0.05, 0) is 35.4 Å². The Balaban J connectivity index is 1.73. The lowest BCUT2D eigenvalue weighted by Crippen LogP contribution is -1.97. The summed E-state index contributed by atoms with van der Waals surface area (Å²) in [7, 11) is 0. The summed E-state index contributed by atoms with van der Waals surface area (Å²) in [5.41, 5.74) is 11.1. The minimum Gasteiger partial charge on any atom is -0.375 e. The maximum Gasteiger partial charge on any atom is 0.181 e. The van der Waals surface area contributed by atoms with E-state index in [0.717, 1.165) is 33.4 Å². The normalized spacial score (nSPS) is 11.3. The Kier molecular flexibility index (Phi) is 2.94. The van der Waals surface area contributed by atoms with Gasteiger partial charge >= 0.3 is 0 Å². The third-order valence-electron chi connectivity index (χ3n) is 3.70. The summed E-state index contributed by atoms with van der Waals surface area (Å²) in [6, 6.07) is 12.4. The van der Waals surface area contributed by atoms with Crippen LogP contribution in [-0.4, -0.2) is 14.5 Å². The fourth-order valence-corrected chi connectivity index (χ4v) is 3.41. The van der Waals surface area contributed by atoms with Crippen LogP contribution in [0.5, 0.6) is 0 Å². The SMILES string of the molecule is C=Cc1ccc2c(c1)ncn2Cc1ccc2nc(N)sc2c1. The van der Waals surface area contributed by atoms with Crippen LogP contribution in [0.4, 0.5) is 5.13 Å². The number of benzene rings is 2. The van der Waals surface area contributed by atoms with Crippen molar-refractivity contribution < 1.29 is 0 Å². The van der Waals surface area contributed by atoms with Crippen molar-refractivity contribution in [2.75, 3.05) is 5.73 Å². The number of nitrogens with zero attached hydrogens (tertiary/aromatic N) is 3. The Morgan fingerprint density at radius 1 is 1.18 bits per heavy atom. The van der Waals surface area contributed by atoms with Crippen molar-refractivity contribution in [3.8, 4) is 0 Å². The van der Waals surface area contributed by atoms with Crippen LogP contribution >= 0.6 is 11.3 Å². The molecule has 2 aromatic heterocycles. The van der Waals surface area contributed by atoms with Crippen molar-refractivity contribution in [1.29, 1.82) is 0 Å². The van der Waals surface area contributed by atoms with Crippen molar-refractivity contribution in [3.63, 3.8) is 0 Å². The quantitative estimate of drug-likeness (QED) is 0.624. The predicted molar refractivity (Wildman–Crippen MR) is 93.0 cm³/mol. The maximum atomic E-state index is 5.76. The van der Waals surface area contributed by atoms with E-state index in [0.29, 0.717) is 5.13 Å². The topological polar surface area (TPSA) is 56.7 Å². The average molecular weight is 306 g/mol. The van der Waals surface area contributed by atoms with Crippen LogP contribution in [0.25, 0.3) is 27.3 Å². The highest BCUT2D eigenvalue weighted by molar-refractivity contribution is 7.22. The van der Waals surface area contributed by atoms with Crippen LogP contribution < -0.4 is 5.73 Å². The standard InChI is InChI=1S/C17H14N4S/c1-2-11-4-6-15-14(7-11)19-10-21(15)9-12-3-5-13-16(8-12)22-17(18)20-13/h2-8,10H,1,9H2,(H2,18,20). The van der Waals surface area contributed by atoms with Crippen LogP contribution in [0.2, 0.25) is 0 Å². The van der Waals surface area contributed by atoms with Gasteiger partial charge in [0.2, 0.25) is 0 Å². The van der Waals surface area contributed by atoms with E-state index in [-0.39, 0.29) is 0 Å². The first kappa shape index (κ1) is 13.0. The third-order valence-corrected chi connectivity index (χ3v) is 4.55.